The predicted octanol–water partition coefficient (Wildman–Crippen LogP) is 3.40. The minimum atomic E-state index is -0.478. The monoisotopic (exact) mass is 384 g/mol. The number of anilines is 2. The number of rotatable bonds is 3. The summed E-state index contributed by atoms with van der Waals surface area (Å²) in [6.45, 7) is 8.38. The van der Waals surface area contributed by atoms with Crippen LogP contribution in [-0.2, 0) is 4.74 Å². The van der Waals surface area contributed by atoms with E-state index in [2.05, 4.69) is 16.0 Å². The molecule has 150 valence electrons. The van der Waals surface area contributed by atoms with Gasteiger partial charge in [-0.2, -0.15) is 0 Å². The molecule has 0 radical (unpaired) electrons. The highest BCUT2D eigenvalue weighted by atomic mass is 16.6. The Bertz CT molecular complexity index is 823. The Labute approximate surface area is 166 Å². The topological polar surface area (TPSA) is 80.9 Å². The fourth-order valence-corrected chi connectivity index (χ4v) is 3.15. The predicted molar refractivity (Wildman–Crippen MR) is 111 cm³/mol. The van der Waals surface area contributed by atoms with Crippen molar-refractivity contribution in [2.45, 2.75) is 26.4 Å². The number of carbonyl (C=O) groups is 1. The van der Waals surface area contributed by atoms with Crippen LogP contribution in [0.3, 0.4) is 0 Å². The standard InChI is InChI=1S/C21H28N4O3/c1-21(2,3)28-20(26)25-11-9-24(10-12-25)16-6-7-17(18(13-16)27-4)15-5-8-19(22)23-14-15/h5-8,13-14H,9-12H2,1-4H3,(H2,22,23). The molecule has 7 heteroatoms. The van der Waals surface area contributed by atoms with Crippen LogP contribution < -0.4 is 15.4 Å². The number of hydrogen-bond donors (Lipinski definition) is 1. The van der Waals surface area contributed by atoms with Gasteiger partial charge >= 0.3 is 6.09 Å². The van der Waals surface area contributed by atoms with Crippen LogP contribution in [0, 0.1) is 0 Å². The summed E-state index contributed by atoms with van der Waals surface area (Å²) in [5, 5.41) is 0. The third kappa shape index (κ3) is 4.65. The molecular weight excluding hydrogens is 356 g/mol. The molecule has 0 unspecified atom stereocenters. The first-order chi connectivity index (χ1) is 13.3. The zero-order chi connectivity index (χ0) is 20.3. The molecule has 2 aromatic rings. The van der Waals surface area contributed by atoms with E-state index in [4.69, 9.17) is 15.2 Å². The van der Waals surface area contributed by atoms with E-state index in [-0.39, 0.29) is 6.09 Å². The first-order valence-corrected chi connectivity index (χ1v) is 9.39. The van der Waals surface area contributed by atoms with E-state index in [1.54, 1.807) is 24.3 Å². The maximum absolute atomic E-state index is 12.2. The van der Waals surface area contributed by atoms with Crippen molar-refractivity contribution in [3.63, 3.8) is 0 Å². The van der Waals surface area contributed by atoms with Gasteiger partial charge in [-0.3, -0.25) is 0 Å². The maximum atomic E-state index is 12.2. The lowest BCUT2D eigenvalue weighted by Gasteiger charge is -2.37. The number of nitrogens with two attached hydrogens (primary N) is 1. The summed E-state index contributed by atoms with van der Waals surface area (Å²) in [5.41, 5.74) is 8.18. The molecule has 0 saturated carbocycles. The van der Waals surface area contributed by atoms with Crippen molar-refractivity contribution < 1.29 is 14.3 Å². The second-order valence-corrected chi connectivity index (χ2v) is 7.81. The first kappa shape index (κ1) is 19.8. The molecule has 0 spiro atoms. The molecule has 2 N–H and O–H groups in total. The van der Waals surface area contributed by atoms with Crippen LogP contribution in [0.2, 0.25) is 0 Å². The quantitative estimate of drug-likeness (QED) is 0.874. The Hall–Kier alpha value is -2.96. The minimum Gasteiger partial charge on any atom is -0.496 e. The van der Waals surface area contributed by atoms with Crippen molar-refractivity contribution in [2.75, 3.05) is 43.9 Å². The van der Waals surface area contributed by atoms with Gasteiger partial charge in [0.1, 0.15) is 17.2 Å². The van der Waals surface area contributed by atoms with Crippen molar-refractivity contribution >= 4 is 17.6 Å². The van der Waals surface area contributed by atoms with E-state index in [1.165, 1.54) is 0 Å². The number of pyridine rings is 1. The van der Waals surface area contributed by atoms with E-state index in [0.29, 0.717) is 18.9 Å². The molecule has 7 nitrogen and oxygen atoms in total. The second kappa shape index (κ2) is 7.96. The number of piperazine rings is 1. The van der Waals surface area contributed by atoms with Crippen molar-refractivity contribution in [3.8, 4) is 16.9 Å². The van der Waals surface area contributed by atoms with Gasteiger partial charge in [0.25, 0.3) is 0 Å². The van der Waals surface area contributed by atoms with Crippen LogP contribution in [0.25, 0.3) is 11.1 Å². The van der Waals surface area contributed by atoms with Crippen molar-refractivity contribution in [2.24, 2.45) is 0 Å². The van der Waals surface area contributed by atoms with Crippen molar-refractivity contribution in [3.05, 3.63) is 36.5 Å². The molecule has 1 saturated heterocycles. The van der Waals surface area contributed by atoms with E-state index in [9.17, 15) is 4.79 Å². The molecule has 1 amide bonds. The maximum Gasteiger partial charge on any atom is 0.410 e. The third-order valence-electron chi connectivity index (χ3n) is 4.58. The van der Waals surface area contributed by atoms with Gasteiger partial charge in [0, 0.05) is 55.3 Å². The number of ether oxygens (including phenoxy) is 2. The number of nitrogen functional groups attached to an aromatic ring is 1. The summed E-state index contributed by atoms with van der Waals surface area (Å²) < 4.78 is 11.1. The van der Waals surface area contributed by atoms with E-state index in [1.807, 2.05) is 39.0 Å². The van der Waals surface area contributed by atoms with Crippen LogP contribution in [0.5, 0.6) is 5.75 Å². The number of benzene rings is 1. The highest BCUT2D eigenvalue weighted by molar-refractivity contribution is 5.74. The van der Waals surface area contributed by atoms with Gasteiger partial charge in [-0.05, 0) is 45.0 Å². The number of hydrogen-bond acceptors (Lipinski definition) is 6. The van der Waals surface area contributed by atoms with Crippen LogP contribution >= 0.6 is 0 Å². The zero-order valence-corrected chi connectivity index (χ0v) is 16.9. The summed E-state index contributed by atoms with van der Waals surface area (Å²) in [6, 6.07) is 9.83. The first-order valence-electron chi connectivity index (χ1n) is 9.39. The Kier molecular flexibility index (Phi) is 5.63. The molecule has 1 aromatic carbocycles. The van der Waals surface area contributed by atoms with Gasteiger partial charge in [0.05, 0.1) is 7.11 Å². The minimum absolute atomic E-state index is 0.254. The number of amides is 1. The lowest BCUT2D eigenvalue weighted by Crippen LogP contribution is -2.50. The van der Waals surface area contributed by atoms with E-state index >= 15 is 0 Å². The Balaban J connectivity index is 1.70. The van der Waals surface area contributed by atoms with Crippen molar-refractivity contribution in [1.29, 1.82) is 0 Å². The Morgan fingerprint density at radius 2 is 1.82 bits per heavy atom. The van der Waals surface area contributed by atoms with Gasteiger partial charge in [0.2, 0.25) is 0 Å². The summed E-state index contributed by atoms with van der Waals surface area (Å²) in [5.74, 6) is 1.26. The summed E-state index contributed by atoms with van der Waals surface area (Å²) in [7, 11) is 1.66. The molecule has 0 aliphatic carbocycles. The largest absolute Gasteiger partial charge is 0.496 e. The molecule has 28 heavy (non-hydrogen) atoms. The molecule has 2 heterocycles. The Morgan fingerprint density at radius 3 is 2.39 bits per heavy atom. The van der Waals surface area contributed by atoms with E-state index in [0.717, 1.165) is 35.7 Å². The highest BCUT2D eigenvalue weighted by Gasteiger charge is 2.26. The fraction of sp³-hybridized carbons (Fsp3) is 0.429. The van der Waals surface area contributed by atoms with Gasteiger partial charge in [-0.15, -0.1) is 0 Å². The average molecular weight is 384 g/mol. The van der Waals surface area contributed by atoms with Gasteiger partial charge in [-0.25, -0.2) is 9.78 Å². The third-order valence-corrected chi connectivity index (χ3v) is 4.58. The lowest BCUT2D eigenvalue weighted by atomic mass is 10.1. The number of methoxy groups -OCH3 is 1. The Morgan fingerprint density at radius 1 is 1.11 bits per heavy atom. The molecule has 0 atom stereocenters. The SMILES string of the molecule is COc1cc(N2CCN(C(=O)OC(C)(C)C)CC2)ccc1-c1ccc(N)nc1. The smallest absolute Gasteiger partial charge is 0.410 e. The molecule has 3 rings (SSSR count). The van der Waals surface area contributed by atoms with Gasteiger partial charge < -0.3 is 25.0 Å². The van der Waals surface area contributed by atoms with Crippen LogP contribution in [0.4, 0.5) is 16.3 Å². The highest BCUT2D eigenvalue weighted by Crippen LogP contribution is 2.34. The molecule has 1 aromatic heterocycles. The molecule has 1 aliphatic rings. The number of nitrogens with zero attached hydrogens (tertiary/aromatic N) is 3. The molecule has 1 fully saturated rings. The second-order valence-electron chi connectivity index (χ2n) is 7.81. The summed E-state index contributed by atoms with van der Waals surface area (Å²) in [4.78, 5) is 20.4. The van der Waals surface area contributed by atoms with Gasteiger partial charge in [-0.1, -0.05) is 0 Å². The van der Waals surface area contributed by atoms with E-state index < -0.39 is 5.60 Å². The zero-order valence-electron chi connectivity index (χ0n) is 16.9. The molecular formula is C21H28N4O3. The van der Waals surface area contributed by atoms with Crippen LogP contribution in [0.1, 0.15) is 20.8 Å². The average Bonchev–Trinajstić information content (AvgIpc) is 2.67. The van der Waals surface area contributed by atoms with Crippen LogP contribution in [0.15, 0.2) is 36.5 Å². The normalized spacial score (nSPS) is 14.7. The summed E-state index contributed by atoms with van der Waals surface area (Å²) >= 11 is 0. The van der Waals surface area contributed by atoms with Crippen molar-refractivity contribution in [1.82, 2.24) is 9.88 Å². The fourth-order valence-electron chi connectivity index (χ4n) is 3.15. The molecule has 0 bridgehead atoms. The van der Waals surface area contributed by atoms with Gasteiger partial charge in [0.15, 0.2) is 0 Å². The lowest BCUT2D eigenvalue weighted by molar-refractivity contribution is 0.0240. The van der Waals surface area contributed by atoms with Crippen LogP contribution in [-0.4, -0.2) is 54.9 Å². The summed E-state index contributed by atoms with van der Waals surface area (Å²) in [6.07, 6.45) is 1.49. The number of aromatic nitrogens is 1. The number of carbonyl (C=O) groups excluding carboxylic acids is 1. The molecule has 1 aliphatic heterocycles.